The molecule has 1 aliphatic carbocycles. The molecule has 1 aromatic carbocycles. The molecule has 0 saturated heterocycles. The summed E-state index contributed by atoms with van der Waals surface area (Å²) in [7, 11) is 0. The van der Waals surface area contributed by atoms with Crippen LogP contribution in [0.3, 0.4) is 0 Å². The van der Waals surface area contributed by atoms with Gasteiger partial charge in [0.25, 0.3) is 0 Å². The summed E-state index contributed by atoms with van der Waals surface area (Å²) in [6.45, 7) is 4.42. The zero-order chi connectivity index (χ0) is 15.4. The first-order valence-corrected chi connectivity index (χ1v) is 8.20. The number of halogens is 2. The second-order valence-electron chi connectivity index (χ2n) is 5.88. The van der Waals surface area contributed by atoms with E-state index in [4.69, 9.17) is 0 Å². The van der Waals surface area contributed by atoms with Crippen molar-refractivity contribution >= 4 is 27.9 Å². The molecule has 114 valence electrons. The molecular weight excluding hydrogens is 333 g/mol. The summed E-state index contributed by atoms with van der Waals surface area (Å²) in [4.78, 5) is 12.0. The van der Waals surface area contributed by atoms with Gasteiger partial charge in [0, 0.05) is 22.2 Å². The van der Waals surface area contributed by atoms with Crippen LogP contribution in [0, 0.1) is 17.7 Å². The number of carbonyl (C=O) groups excluding carboxylic acids is 1. The van der Waals surface area contributed by atoms with Gasteiger partial charge >= 0.3 is 0 Å². The van der Waals surface area contributed by atoms with Crippen LogP contribution in [0.1, 0.15) is 38.7 Å². The fraction of sp³-hybridized carbons (Fsp3) is 0.471. The van der Waals surface area contributed by atoms with Gasteiger partial charge in [-0.2, -0.15) is 0 Å². The molecule has 0 aliphatic heterocycles. The van der Waals surface area contributed by atoms with Crippen LogP contribution in [0.25, 0.3) is 6.08 Å². The topological polar surface area (TPSA) is 29.1 Å². The molecular formula is C17H21BrFNO. The van der Waals surface area contributed by atoms with Crippen LogP contribution in [0.4, 0.5) is 4.39 Å². The van der Waals surface area contributed by atoms with Crippen molar-refractivity contribution in [2.45, 2.75) is 39.2 Å². The molecule has 4 heteroatoms. The van der Waals surface area contributed by atoms with E-state index >= 15 is 0 Å². The Labute approximate surface area is 133 Å². The monoisotopic (exact) mass is 353 g/mol. The summed E-state index contributed by atoms with van der Waals surface area (Å²) >= 11 is 3.30. The molecule has 0 bridgehead atoms. The predicted octanol–water partition coefficient (Wildman–Crippen LogP) is 4.54. The predicted molar refractivity (Wildman–Crippen MR) is 87.2 cm³/mol. The standard InChI is InChI=1S/C17H21BrFNO/c1-11-4-3-5-16(12(11)2)20-17(21)9-6-13-10-14(18)7-8-15(13)19/h6-12,16H,3-5H2,1-2H3,(H,20,21)/b9-6+/t11-,12+,16+/m0/s1. The molecule has 0 radical (unpaired) electrons. The van der Waals surface area contributed by atoms with Crippen molar-refractivity contribution in [3.05, 3.63) is 40.1 Å². The van der Waals surface area contributed by atoms with E-state index in [1.54, 1.807) is 12.1 Å². The fourth-order valence-electron chi connectivity index (χ4n) is 2.82. The molecule has 0 aromatic heterocycles. The highest BCUT2D eigenvalue weighted by atomic mass is 79.9. The summed E-state index contributed by atoms with van der Waals surface area (Å²) in [5.74, 6) is 0.636. The van der Waals surface area contributed by atoms with Crippen LogP contribution in [0.2, 0.25) is 0 Å². The van der Waals surface area contributed by atoms with E-state index in [9.17, 15) is 9.18 Å². The third kappa shape index (κ3) is 4.40. The molecule has 2 nitrogen and oxygen atoms in total. The summed E-state index contributed by atoms with van der Waals surface area (Å²) in [5, 5.41) is 3.04. The quantitative estimate of drug-likeness (QED) is 0.794. The Hall–Kier alpha value is -1.16. The molecule has 0 unspecified atom stereocenters. The first kappa shape index (κ1) is 16.2. The highest BCUT2D eigenvalue weighted by Crippen LogP contribution is 2.29. The number of nitrogens with one attached hydrogen (secondary N) is 1. The third-order valence-electron chi connectivity index (χ3n) is 4.41. The van der Waals surface area contributed by atoms with E-state index in [-0.39, 0.29) is 17.8 Å². The van der Waals surface area contributed by atoms with Crippen LogP contribution in [0.15, 0.2) is 28.7 Å². The molecule has 1 N–H and O–H groups in total. The lowest BCUT2D eigenvalue weighted by molar-refractivity contribution is -0.117. The van der Waals surface area contributed by atoms with E-state index in [2.05, 4.69) is 35.1 Å². The third-order valence-corrected chi connectivity index (χ3v) is 4.90. The SMILES string of the molecule is C[C@@H]1[C@@H](C)CCC[C@H]1NC(=O)/C=C/c1cc(Br)ccc1F. The number of rotatable bonds is 3. The lowest BCUT2D eigenvalue weighted by atomic mass is 9.78. The van der Waals surface area contributed by atoms with Crippen molar-refractivity contribution in [3.63, 3.8) is 0 Å². The molecule has 2 rings (SSSR count). The van der Waals surface area contributed by atoms with Crippen molar-refractivity contribution in [3.8, 4) is 0 Å². The Morgan fingerprint density at radius 2 is 2.14 bits per heavy atom. The summed E-state index contributed by atoms with van der Waals surface area (Å²) in [6, 6.07) is 4.90. The van der Waals surface area contributed by atoms with Gasteiger partial charge in [-0.3, -0.25) is 4.79 Å². The number of carbonyl (C=O) groups is 1. The van der Waals surface area contributed by atoms with E-state index < -0.39 is 0 Å². The molecule has 1 aliphatic rings. The van der Waals surface area contributed by atoms with Crippen LogP contribution < -0.4 is 5.32 Å². The maximum Gasteiger partial charge on any atom is 0.244 e. The molecule has 0 spiro atoms. The Morgan fingerprint density at radius 1 is 1.38 bits per heavy atom. The Bertz CT molecular complexity index is 544. The number of benzene rings is 1. The first-order valence-electron chi connectivity index (χ1n) is 7.41. The molecule has 0 heterocycles. The lowest BCUT2D eigenvalue weighted by Crippen LogP contribution is -2.43. The van der Waals surface area contributed by atoms with Crippen LogP contribution in [-0.2, 0) is 4.79 Å². The van der Waals surface area contributed by atoms with Gasteiger partial charge in [-0.15, -0.1) is 0 Å². The largest absolute Gasteiger partial charge is 0.350 e. The van der Waals surface area contributed by atoms with Crippen LogP contribution in [0.5, 0.6) is 0 Å². The Morgan fingerprint density at radius 3 is 2.90 bits per heavy atom. The highest BCUT2D eigenvalue weighted by molar-refractivity contribution is 9.10. The maximum absolute atomic E-state index is 13.6. The fourth-order valence-corrected chi connectivity index (χ4v) is 3.20. The zero-order valence-corrected chi connectivity index (χ0v) is 14.0. The lowest BCUT2D eigenvalue weighted by Gasteiger charge is -2.34. The maximum atomic E-state index is 13.6. The molecule has 21 heavy (non-hydrogen) atoms. The van der Waals surface area contributed by atoms with Crippen molar-refractivity contribution in [1.29, 1.82) is 0 Å². The minimum absolute atomic E-state index is 0.152. The average Bonchev–Trinajstić information content (AvgIpc) is 2.45. The average molecular weight is 354 g/mol. The van der Waals surface area contributed by atoms with Crippen molar-refractivity contribution in [1.82, 2.24) is 5.32 Å². The van der Waals surface area contributed by atoms with Gasteiger partial charge in [0.15, 0.2) is 0 Å². The van der Waals surface area contributed by atoms with E-state index in [1.165, 1.54) is 24.6 Å². The Balaban J connectivity index is 1.98. The van der Waals surface area contributed by atoms with Crippen LogP contribution >= 0.6 is 15.9 Å². The van der Waals surface area contributed by atoms with Gasteiger partial charge < -0.3 is 5.32 Å². The Kier molecular flexibility index (Phi) is 5.57. The van der Waals surface area contributed by atoms with Crippen LogP contribution in [-0.4, -0.2) is 11.9 Å². The van der Waals surface area contributed by atoms with Gasteiger partial charge in [-0.1, -0.05) is 42.6 Å². The van der Waals surface area contributed by atoms with Crippen molar-refractivity contribution in [2.24, 2.45) is 11.8 Å². The van der Waals surface area contributed by atoms with Gasteiger partial charge in [0.1, 0.15) is 5.82 Å². The second kappa shape index (κ2) is 7.21. The zero-order valence-electron chi connectivity index (χ0n) is 12.4. The molecule has 3 atom stereocenters. The van der Waals surface area contributed by atoms with Gasteiger partial charge in [-0.05, 0) is 42.5 Å². The number of hydrogen-bond acceptors (Lipinski definition) is 1. The van der Waals surface area contributed by atoms with E-state index in [0.29, 0.717) is 17.4 Å². The number of amides is 1. The molecule has 1 saturated carbocycles. The van der Waals surface area contributed by atoms with Gasteiger partial charge in [0.2, 0.25) is 5.91 Å². The minimum Gasteiger partial charge on any atom is -0.350 e. The first-order chi connectivity index (χ1) is 9.97. The normalized spacial score (nSPS) is 26.0. The molecule has 1 aromatic rings. The van der Waals surface area contributed by atoms with Crippen molar-refractivity contribution in [2.75, 3.05) is 0 Å². The van der Waals surface area contributed by atoms with E-state index in [1.807, 2.05) is 0 Å². The second-order valence-corrected chi connectivity index (χ2v) is 6.80. The highest BCUT2D eigenvalue weighted by Gasteiger charge is 2.27. The van der Waals surface area contributed by atoms with Gasteiger partial charge in [-0.25, -0.2) is 4.39 Å². The summed E-state index contributed by atoms with van der Waals surface area (Å²) in [6.07, 6.45) is 6.34. The van der Waals surface area contributed by atoms with Gasteiger partial charge in [0.05, 0.1) is 0 Å². The molecule has 1 fully saturated rings. The smallest absolute Gasteiger partial charge is 0.244 e. The summed E-state index contributed by atoms with van der Waals surface area (Å²) in [5.41, 5.74) is 0.407. The summed E-state index contributed by atoms with van der Waals surface area (Å²) < 4.78 is 14.4. The number of hydrogen-bond donors (Lipinski definition) is 1. The van der Waals surface area contributed by atoms with E-state index in [0.717, 1.165) is 17.3 Å². The minimum atomic E-state index is -0.332. The van der Waals surface area contributed by atoms with Crippen molar-refractivity contribution < 1.29 is 9.18 Å². The molecule has 1 amide bonds.